The molecule has 0 fully saturated rings. The molecule has 0 rings (SSSR count). The van der Waals surface area contributed by atoms with Crippen LogP contribution in [0.5, 0.6) is 0 Å². The molecule has 0 saturated heterocycles. The molecule has 0 aliphatic carbocycles. The second kappa shape index (κ2) is 7.22. The Morgan fingerprint density at radius 3 is 2.25 bits per heavy atom. The van der Waals surface area contributed by atoms with E-state index in [4.69, 9.17) is 5.73 Å². The molecule has 0 heterocycles. The van der Waals surface area contributed by atoms with Crippen molar-refractivity contribution in [2.75, 3.05) is 19.6 Å². The summed E-state index contributed by atoms with van der Waals surface area (Å²) < 4.78 is 0. The summed E-state index contributed by atoms with van der Waals surface area (Å²) in [4.78, 5) is 24.7. The number of rotatable bonds is 6. The highest BCUT2D eigenvalue weighted by atomic mass is 16.2. The highest BCUT2D eigenvalue weighted by Crippen LogP contribution is 2.03. The van der Waals surface area contributed by atoms with Crippen LogP contribution >= 0.6 is 0 Å². The van der Waals surface area contributed by atoms with Gasteiger partial charge in [0.2, 0.25) is 11.8 Å². The molecule has 0 aliphatic heterocycles. The van der Waals surface area contributed by atoms with Crippen LogP contribution in [0.2, 0.25) is 0 Å². The quantitative estimate of drug-likeness (QED) is 0.671. The number of carbonyl (C=O) groups excluding carboxylic acids is 2. The molecular formula is C11H23N3O2. The third kappa shape index (κ3) is 4.61. The number of nitrogens with two attached hydrogens (primary N) is 1. The van der Waals surface area contributed by atoms with Gasteiger partial charge >= 0.3 is 0 Å². The van der Waals surface area contributed by atoms with Crippen molar-refractivity contribution >= 4 is 11.8 Å². The van der Waals surface area contributed by atoms with Gasteiger partial charge in [-0.25, -0.2) is 0 Å². The first-order valence-corrected chi connectivity index (χ1v) is 5.75. The molecule has 5 heteroatoms. The standard InChI is InChI=1S/C11H23N3O2/c1-5-13-9(15)7-14(6-2)11(16)10(12)8(3)4/h8,10H,5-7,12H2,1-4H3,(H,13,15)/t10-/m1/s1. The van der Waals surface area contributed by atoms with E-state index in [0.717, 1.165) is 0 Å². The minimum absolute atomic E-state index is 0.0794. The Hall–Kier alpha value is -1.10. The van der Waals surface area contributed by atoms with Gasteiger partial charge in [-0.2, -0.15) is 0 Å². The predicted octanol–water partition coefficient (Wildman–Crippen LogP) is -0.0457. The average Bonchev–Trinajstić information content (AvgIpc) is 2.24. The number of hydrogen-bond donors (Lipinski definition) is 2. The Labute approximate surface area is 97.4 Å². The molecule has 0 saturated carbocycles. The molecule has 5 nitrogen and oxygen atoms in total. The lowest BCUT2D eigenvalue weighted by molar-refractivity contribution is -0.137. The second-order valence-electron chi connectivity index (χ2n) is 4.08. The Morgan fingerprint density at radius 2 is 1.88 bits per heavy atom. The van der Waals surface area contributed by atoms with Crippen molar-refractivity contribution in [2.45, 2.75) is 33.7 Å². The molecule has 2 amide bonds. The van der Waals surface area contributed by atoms with Gasteiger partial charge in [0.25, 0.3) is 0 Å². The number of hydrogen-bond acceptors (Lipinski definition) is 3. The van der Waals surface area contributed by atoms with Gasteiger partial charge in [-0.15, -0.1) is 0 Å². The Bertz CT molecular complexity index is 241. The van der Waals surface area contributed by atoms with Gasteiger partial charge in [0.15, 0.2) is 0 Å². The average molecular weight is 229 g/mol. The zero-order valence-electron chi connectivity index (χ0n) is 10.6. The fourth-order valence-corrected chi connectivity index (χ4v) is 1.27. The van der Waals surface area contributed by atoms with Crippen molar-refractivity contribution in [3.05, 3.63) is 0 Å². The molecule has 1 atom stereocenters. The maximum atomic E-state index is 11.9. The summed E-state index contributed by atoms with van der Waals surface area (Å²) >= 11 is 0. The maximum Gasteiger partial charge on any atom is 0.240 e. The van der Waals surface area contributed by atoms with E-state index in [-0.39, 0.29) is 24.3 Å². The Kier molecular flexibility index (Phi) is 6.72. The fraction of sp³-hybridized carbons (Fsp3) is 0.818. The molecular weight excluding hydrogens is 206 g/mol. The van der Waals surface area contributed by atoms with Crippen LogP contribution in [0.1, 0.15) is 27.7 Å². The topological polar surface area (TPSA) is 75.4 Å². The van der Waals surface area contributed by atoms with Gasteiger partial charge in [0.1, 0.15) is 0 Å². The lowest BCUT2D eigenvalue weighted by Gasteiger charge is -2.25. The van der Waals surface area contributed by atoms with Gasteiger partial charge < -0.3 is 16.0 Å². The molecule has 0 radical (unpaired) electrons. The van der Waals surface area contributed by atoms with E-state index >= 15 is 0 Å². The zero-order valence-corrected chi connectivity index (χ0v) is 10.6. The third-order valence-electron chi connectivity index (χ3n) is 2.41. The molecule has 16 heavy (non-hydrogen) atoms. The lowest BCUT2D eigenvalue weighted by atomic mass is 10.0. The summed E-state index contributed by atoms with van der Waals surface area (Å²) in [5.41, 5.74) is 5.76. The first kappa shape index (κ1) is 14.9. The van der Waals surface area contributed by atoms with Gasteiger partial charge in [0, 0.05) is 13.1 Å². The van der Waals surface area contributed by atoms with Crippen molar-refractivity contribution in [1.29, 1.82) is 0 Å². The van der Waals surface area contributed by atoms with Crippen LogP contribution < -0.4 is 11.1 Å². The first-order chi connectivity index (χ1) is 7.43. The summed E-state index contributed by atoms with van der Waals surface area (Å²) in [7, 11) is 0. The smallest absolute Gasteiger partial charge is 0.240 e. The van der Waals surface area contributed by atoms with Gasteiger partial charge in [-0.1, -0.05) is 13.8 Å². The molecule has 0 aromatic heterocycles. The van der Waals surface area contributed by atoms with Crippen LogP contribution in [0.25, 0.3) is 0 Å². The van der Waals surface area contributed by atoms with Crippen molar-refractivity contribution in [1.82, 2.24) is 10.2 Å². The minimum Gasteiger partial charge on any atom is -0.355 e. The number of nitrogens with one attached hydrogen (secondary N) is 1. The molecule has 0 spiro atoms. The molecule has 0 unspecified atom stereocenters. The monoisotopic (exact) mass is 229 g/mol. The van der Waals surface area contributed by atoms with E-state index < -0.39 is 6.04 Å². The summed E-state index contributed by atoms with van der Waals surface area (Å²) in [5.74, 6) is -0.229. The van der Waals surface area contributed by atoms with Crippen molar-refractivity contribution < 1.29 is 9.59 Å². The summed E-state index contributed by atoms with van der Waals surface area (Å²) in [6.07, 6.45) is 0. The number of nitrogens with zero attached hydrogens (tertiary/aromatic N) is 1. The van der Waals surface area contributed by atoms with Crippen LogP contribution in [0.4, 0.5) is 0 Å². The largest absolute Gasteiger partial charge is 0.355 e. The van der Waals surface area contributed by atoms with E-state index in [0.29, 0.717) is 13.1 Å². The van der Waals surface area contributed by atoms with E-state index in [1.807, 2.05) is 27.7 Å². The molecule has 0 aromatic rings. The normalized spacial score (nSPS) is 12.4. The second-order valence-corrected chi connectivity index (χ2v) is 4.08. The van der Waals surface area contributed by atoms with Gasteiger partial charge in [-0.3, -0.25) is 9.59 Å². The molecule has 0 aliphatic rings. The third-order valence-corrected chi connectivity index (χ3v) is 2.41. The first-order valence-electron chi connectivity index (χ1n) is 5.75. The van der Waals surface area contributed by atoms with Crippen LogP contribution in [0, 0.1) is 5.92 Å². The van der Waals surface area contributed by atoms with Crippen LogP contribution in [0.15, 0.2) is 0 Å². The zero-order chi connectivity index (χ0) is 12.7. The number of amides is 2. The minimum atomic E-state index is -0.533. The fourth-order valence-electron chi connectivity index (χ4n) is 1.27. The van der Waals surface area contributed by atoms with Crippen molar-refractivity contribution in [2.24, 2.45) is 11.7 Å². The molecule has 0 bridgehead atoms. The van der Waals surface area contributed by atoms with E-state index in [2.05, 4.69) is 5.32 Å². The van der Waals surface area contributed by atoms with E-state index in [1.54, 1.807) is 0 Å². The van der Waals surface area contributed by atoms with Crippen LogP contribution in [0.3, 0.4) is 0 Å². The van der Waals surface area contributed by atoms with Crippen molar-refractivity contribution in [3.63, 3.8) is 0 Å². The van der Waals surface area contributed by atoms with Crippen molar-refractivity contribution in [3.8, 4) is 0 Å². The molecule has 3 N–H and O–H groups in total. The van der Waals surface area contributed by atoms with Crippen LogP contribution in [-0.2, 0) is 9.59 Å². The van der Waals surface area contributed by atoms with E-state index in [1.165, 1.54) is 4.90 Å². The number of likely N-dealkylation sites (N-methyl/N-ethyl adjacent to an activating group) is 2. The van der Waals surface area contributed by atoms with Gasteiger partial charge in [0.05, 0.1) is 12.6 Å². The highest BCUT2D eigenvalue weighted by molar-refractivity contribution is 5.87. The summed E-state index contributed by atoms with van der Waals surface area (Å²) in [6.45, 7) is 8.62. The SMILES string of the molecule is CCNC(=O)CN(CC)C(=O)[C@H](N)C(C)C. The van der Waals surface area contributed by atoms with Crippen LogP contribution in [-0.4, -0.2) is 42.4 Å². The van der Waals surface area contributed by atoms with Gasteiger partial charge in [-0.05, 0) is 19.8 Å². The lowest BCUT2D eigenvalue weighted by Crippen LogP contribution is -2.49. The Balaban J connectivity index is 4.38. The number of carbonyl (C=O) groups is 2. The molecule has 0 aromatic carbocycles. The predicted molar refractivity (Wildman–Crippen MR) is 63.8 cm³/mol. The highest BCUT2D eigenvalue weighted by Gasteiger charge is 2.23. The Morgan fingerprint density at radius 1 is 1.31 bits per heavy atom. The summed E-state index contributed by atoms with van der Waals surface area (Å²) in [5, 5.41) is 2.66. The maximum absolute atomic E-state index is 11.9. The van der Waals surface area contributed by atoms with E-state index in [9.17, 15) is 9.59 Å². The molecule has 94 valence electrons. The summed E-state index contributed by atoms with van der Waals surface area (Å²) in [6, 6.07) is -0.533.